The Morgan fingerprint density at radius 2 is 1.91 bits per heavy atom. The van der Waals surface area contributed by atoms with Crippen LogP contribution in [0.25, 0.3) is 22.0 Å². The molecule has 1 aromatic heterocycles. The lowest BCUT2D eigenvalue weighted by Gasteiger charge is -2.17. The summed E-state index contributed by atoms with van der Waals surface area (Å²) in [5.74, 6) is 11.0. The molecule has 3 aromatic rings. The van der Waals surface area contributed by atoms with Crippen LogP contribution < -0.4 is 22.1 Å². The van der Waals surface area contributed by atoms with E-state index in [9.17, 15) is 4.79 Å². The molecule has 2 amide bonds. The van der Waals surface area contributed by atoms with E-state index >= 15 is 0 Å². The lowest BCUT2D eigenvalue weighted by molar-refractivity contribution is 0.246. The van der Waals surface area contributed by atoms with E-state index in [1.54, 1.807) is 0 Å². The highest BCUT2D eigenvalue weighted by molar-refractivity contribution is 6.00. The van der Waals surface area contributed by atoms with E-state index in [0.717, 1.165) is 21.3 Å². The van der Waals surface area contributed by atoms with E-state index in [4.69, 9.17) is 11.7 Å². The molecule has 0 fully saturated rings. The Morgan fingerprint density at radius 1 is 1.14 bits per heavy atom. The maximum absolute atomic E-state index is 11.6. The summed E-state index contributed by atoms with van der Waals surface area (Å²) in [5, 5.41) is 10.7. The Balaban J connectivity index is 2.22. The molecule has 5 N–H and O–H groups in total. The molecule has 22 heavy (non-hydrogen) atoms. The van der Waals surface area contributed by atoms with Gasteiger partial charge in [-0.15, -0.1) is 10.2 Å². The largest absolute Gasteiger partial charge is 0.351 e. The second-order valence-electron chi connectivity index (χ2n) is 4.48. The molecule has 8 heteroatoms. The van der Waals surface area contributed by atoms with Crippen molar-refractivity contribution in [3.63, 3.8) is 0 Å². The number of nitrogens with two attached hydrogens (primary N) is 2. The molecule has 0 unspecified atom stereocenters. The molecule has 0 saturated carbocycles. The third-order valence-electron chi connectivity index (χ3n) is 3.22. The Morgan fingerprint density at radius 3 is 2.73 bits per heavy atom. The monoisotopic (exact) mass is 295 g/mol. The summed E-state index contributed by atoms with van der Waals surface area (Å²) in [6.07, 6.45) is 1.22. The molecule has 8 nitrogen and oxygen atoms in total. The van der Waals surface area contributed by atoms with Crippen molar-refractivity contribution in [2.75, 3.05) is 5.01 Å². The summed E-state index contributed by atoms with van der Waals surface area (Å²) in [6, 6.07) is 12.8. The molecule has 0 atom stereocenters. The second kappa shape index (κ2) is 5.72. The van der Waals surface area contributed by atoms with Crippen LogP contribution in [0.2, 0.25) is 0 Å². The van der Waals surface area contributed by atoms with Gasteiger partial charge in [0.25, 0.3) is 0 Å². The predicted octanol–water partition coefficient (Wildman–Crippen LogP) is 0.955. The third kappa shape index (κ3) is 2.32. The zero-order chi connectivity index (χ0) is 15.5. The van der Waals surface area contributed by atoms with Crippen LogP contribution in [0.3, 0.4) is 0 Å². The van der Waals surface area contributed by atoms with E-state index in [0.29, 0.717) is 5.69 Å². The molecule has 0 aliphatic heterocycles. The van der Waals surface area contributed by atoms with E-state index in [1.807, 2.05) is 47.9 Å². The van der Waals surface area contributed by atoms with Gasteiger partial charge >= 0.3 is 6.03 Å². The number of amides is 2. The molecular weight excluding hydrogens is 282 g/mol. The number of fused-ring (bicyclic) bond motifs is 1. The zero-order valence-electron chi connectivity index (χ0n) is 11.5. The van der Waals surface area contributed by atoms with Crippen molar-refractivity contribution < 1.29 is 4.79 Å². The Hall–Kier alpha value is -3.10. The van der Waals surface area contributed by atoms with Gasteiger partial charge in [-0.2, -0.15) is 0 Å². The van der Waals surface area contributed by atoms with Crippen molar-refractivity contribution in [2.24, 2.45) is 11.7 Å². The van der Waals surface area contributed by atoms with Gasteiger partial charge in [-0.05, 0) is 10.8 Å². The number of benzene rings is 2. The van der Waals surface area contributed by atoms with Crippen LogP contribution in [0.15, 0.2) is 48.8 Å². The minimum Gasteiger partial charge on any atom is -0.274 e. The molecule has 2 aromatic carbocycles. The predicted molar refractivity (Wildman–Crippen MR) is 82.2 cm³/mol. The number of carbonyl (C=O) groups is 1. The van der Waals surface area contributed by atoms with Crippen LogP contribution >= 0.6 is 0 Å². The second-order valence-corrected chi connectivity index (χ2v) is 4.48. The van der Waals surface area contributed by atoms with Crippen molar-refractivity contribution in [3.05, 3.63) is 48.8 Å². The Kier molecular flexibility index (Phi) is 3.60. The number of carbonyl (C=O) groups excluding carboxylic acids is 1. The quantitative estimate of drug-likeness (QED) is 0.367. The summed E-state index contributed by atoms with van der Waals surface area (Å²) in [7, 11) is 0. The van der Waals surface area contributed by atoms with Crippen molar-refractivity contribution in [1.29, 1.82) is 0 Å². The van der Waals surface area contributed by atoms with E-state index in [1.165, 1.54) is 6.33 Å². The van der Waals surface area contributed by atoms with Gasteiger partial charge in [-0.25, -0.2) is 26.5 Å². The van der Waals surface area contributed by atoms with Gasteiger partial charge in [-0.1, -0.05) is 42.5 Å². The topological polar surface area (TPSA) is 123 Å². The number of hydrazine groups is 2. The number of anilines is 1. The van der Waals surface area contributed by atoms with Crippen LogP contribution in [0.4, 0.5) is 10.6 Å². The molecule has 0 aliphatic rings. The van der Waals surface area contributed by atoms with Gasteiger partial charge in [0.1, 0.15) is 12.0 Å². The van der Waals surface area contributed by atoms with Crippen LogP contribution in [0.5, 0.6) is 0 Å². The first-order chi connectivity index (χ1) is 10.7. The first kappa shape index (κ1) is 13.9. The molecule has 0 saturated heterocycles. The minimum atomic E-state index is -0.706. The average Bonchev–Trinajstić information content (AvgIpc) is 2.60. The summed E-state index contributed by atoms with van der Waals surface area (Å²) in [5.41, 5.74) is 3.12. The van der Waals surface area contributed by atoms with E-state index in [-0.39, 0.29) is 5.82 Å². The maximum Gasteiger partial charge on any atom is 0.351 e. The minimum absolute atomic E-state index is 0.161. The number of nitrogens with one attached hydrogen (secondary N) is 1. The van der Waals surface area contributed by atoms with Crippen LogP contribution in [-0.2, 0) is 0 Å². The lowest BCUT2D eigenvalue weighted by atomic mass is 10.0. The third-order valence-corrected chi connectivity index (χ3v) is 3.22. The van der Waals surface area contributed by atoms with Gasteiger partial charge < -0.3 is 0 Å². The smallest absolute Gasteiger partial charge is 0.274 e. The number of urea groups is 1. The van der Waals surface area contributed by atoms with Crippen molar-refractivity contribution in [3.8, 4) is 11.3 Å². The van der Waals surface area contributed by atoms with Gasteiger partial charge in [0.05, 0.1) is 0 Å². The van der Waals surface area contributed by atoms with Gasteiger partial charge in [-0.3, -0.25) is 5.43 Å². The fourth-order valence-corrected chi connectivity index (χ4v) is 2.22. The normalized spacial score (nSPS) is 10.5. The number of nitrogens with zero attached hydrogens (tertiary/aromatic N) is 4. The first-order valence-electron chi connectivity index (χ1n) is 6.43. The Labute approximate surface area is 125 Å². The highest BCUT2D eigenvalue weighted by Crippen LogP contribution is 2.31. The summed E-state index contributed by atoms with van der Waals surface area (Å²) >= 11 is 0. The van der Waals surface area contributed by atoms with Gasteiger partial charge in [0.2, 0.25) is 0 Å². The summed E-state index contributed by atoms with van der Waals surface area (Å²) < 4.78 is 0. The van der Waals surface area contributed by atoms with E-state index in [2.05, 4.69) is 15.2 Å². The van der Waals surface area contributed by atoms with Crippen LogP contribution in [0, 0.1) is 0 Å². The Bertz CT molecular complexity index is 831. The number of aromatic nitrogens is 3. The lowest BCUT2D eigenvalue weighted by Crippen LogP contribution is -2.48. The molecular formula is C14H13N7O. The molecule has 3 rings (SSSR count). The van der Waals surface area contributed by atoms with Crippen LogP contribution in [0.1, 0.15) is 0 Å². The summed E-state index contributed by atoms with van der Waals surface area (Å²) in [4.78, 5) is 15.7. The summed E-state index contributed by atoms with van der Waals surface area (Å²) in [6.45, 7) is 0. The molecule has 0 aliphatic carbocycles. The first-order valence-corrected chi connectivity index (χ1v) is 6.43. The highest BCUT2D eigenvalue weighted by Gasteiger charge is 2.19. The van der Waals surface area contributed by atoms with Crippen molar-refractivity contribution in [1.82, 2.24) is 20.6 Å². The molecule has 0 bridgehead atoms. The van der Waals surface area contributed by atoms with Gasteiger partial charge in [0, 0.05) is 5.56 Å². The SMILES string of the molecule is NNC(=O)N(N)c1ncnnc1-c1cccc2ccccc12. The number of rotatable bonds is 2. The molecule has 0 radical (unpaired) electrons. The average molecular weight is 295 g/mol. The molecule has 1 heterocycles. The van der Waals surface area contributed by atoms with E-state index < -0.39 is 6.03 Å². The number of hydrogen-bond donors (Lipinski definition) is 3. The zero-order valence-corrected chi connectivity index (χ0v) is 11.5. The number of hydrogen-bond acceptors (Lipinski definition) is 6. The fraction of sp³-hybridized carbons (Fsp3) is 0. The van der Waals surface area contributed by atoms with Crippen molar-refractivity contribution >= 4 is 22.6 Å². The fourth-order valence-electron chi connectivity index (χ4n) is 2.22. The molecule has 110 valence electrons. The maximum atomic E-state index is 11.6. The van der Waals surface area contributed by atoms with Crippen LogP contribution in [-0.4, -0.2) is 21.2 Å². The van der Waals surface area contributed by atoms with Gasteiger partial charge in [0.15, 0.2) is 5.82 Å². The van der Waals surface area contributed by atoms with Crippen molar-refractivity contribution in [2.45, 2.75) is 0 Å². The standard InChI is InChI=1S/C14H13N7O/c15-19-14(22)21(16)13-12(20-18-8-17-13)11-7-3-5-9-4-1-2-6-10(9)11/h1-8H,15-16H2,(H,19,22). The molecule has 0 spiro atoms. The highest BCUT2D eigenvalue weighted by atomic mass is 16.2.